The molecular formula is C40H38F6N4O5. The van der Waals surface area contributed by atoms with Crippen molar-refractivity contribution in [2.24, 2.45) is 5.92 Å². The number of amides is 2. The number of carbonyl (C=O) groups excluding carboxylic acids is 2. The molecule has 1 aliphatic carbocycles. The molecule has 1 saturated carbocycles. The number of carbonyl (C=O) groups is 2. The Morgan fingerprint density at radius 3 is 1.62 bits per heavy atom. The second-order valence-electron chi connectivity index (χ2n) is 13.1. The van der Waals surface area contributed by atoms with Crippen LogP contribution in [-0.2, 0) is 18.9 Å². The SMILES string of the molecule is Cc1ccc(C(=O)NCC2CCCCC2)c(=O)n1-c1cccc(C(F)(F)F)c1.Cc1ccc(C(=O)NCc2ccco2)c(=O)n1-c1cccc(C(F)(F)F)c1. The number of rotatable bonds is 8. The van der Waals surface area contributed by atoms with Crippen molar-refractivity contribution in [1.29, 1.82) is 0 Å². The monoisotopic (exact) mass is 768 g/mol. The maximum atomic E-state index is 13.0. The van der Waals surface area contributed by atoms with Crippen LogP contribution in [0.2, 0.25) is 0 Å². The lowest BCUT2D eigenvalue weighted by molar-refractivity contribution is -0.138. The molecule has 0 bridgehead atoms. The largest absolute Gasteiger partial charge is 0.467 e. The van der Waals surface area contributed by atoms with E-state index >= 15 is 0 Å². The highest BCUT2D eigenvalue weighted by Gasteiger charge is 2.32. The number of nitrogens with zero attached hydrogens (tertiary/aromatic N) is 2. The van der Waals surface area contributed by atoms with Gasteiger partial charge in [0.25, 0.3) is 22.9 Å². The van der Waals surface area contributed by atoms with Gasteiger partial charge in [0, 0.05) is 29.3 Å². The highest BCUT2D eigenvalue weighted by atomic mass is 19.4. The molecule has 5 aromatic rings. The highest BCUT2D eigenvalue weighted by Crippen LogP contribution is 2.31. The van der Waals surface area contributed by atoms with Crippen molar-refractivity contribution >= 4 is 11.8 Å². The van der Waals surface area contributed by atoms with Crippen LogP contribution in [0.4, 0.5) is 26.3 Å². The first-order valence-electron chi connectivity index (χ1n) is 17.4. The summed E-state index contributed by atoms with van der Waals surface area (Å²) < 4.78 is 85.3. The van der Waals surface area contributed by atoms with E-state index in [1.807, 2.05) is 0 Å². The third-order valence-corrected chi connectivity index (χ3v) is 9.19. The van der Waals surface area contributed by atoms with E-state index < -0.39 is 46.4 Å². The van der Waals surface area contributed by atoms with Crippen molar-refractivity contribution in [3.8, 4) is 11.4 Å². The number of benzene rings is 2. The van der Waals surface area contributed by atoms with E-state index in [9.17, 15) is 45.5 Å². The summed E-state index contributed by atoms with van der Waals surface area (Å²) in [5.41, 5.74) is -2.32. The first-order valence-corrected chi connectivity index (χ1v) is 17.4. The van der Waals surface area contributed by atoms with Crippen molar-refractivity contribution < 1.29 is 40.3 Å². The molecular weight excluding hydrogens is 730 g/mol. The highest BCUT2D eigenvalue weighted by molar-refractivity contribution is 5.94. The molecule has 0 atom stereocenters. The van der Waals surface area contributed by atoms with E-state index in [0.29, 0.717) is 29.6 Å². The summed E-state index contributed by atoms with van der Waals surface area (Å²) in [5.74, 6) is -0.212. The van der Waals surface area contributed by atoms with Gasteiger partial charge in [0.15, 0.2) is 0 Å². The molecule has 1 aliphatic rings. The van der Waals surface area contributed by atoms with Crippen molar-refractivity contribution in [1.82, 2.24) is 19.8 Å². The van der Waals surface area contributed by atoms with Gasteiger partial charge in [-0.25, -0.2) is 0 Å². The molecule has 2 aromatic carbocycles. The average Bonchev–Trinajstić information content (AvgIpc) is 3.67. The predicted molar refractivity (Wildman–Crippen MR) is 192 cm³/mol. The van der Waals surface area contributed by atoms with Gasteiger partial charge in [-0.15, -0.1) is 0 Å². The summed E-state index contributed by atoms with van der Waals surface area (Å²) >= 11 is 0. The summed E-state index contributed by atoms with van der Waals surface area (Å²) in [7, 11) is 0. The van der Waals surface area contributed by atoms with Gasteiger partial charge >= 0.3 is 12.4 Å². The first kappa shape index (κ1) is 40.3. The molecule has 0 radical (unpaired) electrons. The van der Waals surface area contributed by atoms with Crippen molar-refractivity contribution in [3.63, 3.8) is 0 Å². The number of aromatic nitrogens is 2. The second-order valence-corrected chi connectivity index (χ2v) is 13.1. The molecule has 0 spiro atoms. The van der Waals surface area contributed by atoms with Crippen LogP contribution >= 0.6 is 0 Å². The quantitative estimate of drug-likeness (QED) is 0.155. The van der Waals surface area contributed by atoms with E-state index in [4.69, 9.17) is 4.42 Å². The third kappa shape index (κ3) is 10.0. The van der Waals surface area contributed by atoms with E-state index in [1.54, 1.807) is 32.0 Å². The lowest BCUT2D eigenvalue weighted by Crippen LogP contribution is -2.36. The zero-order chi connectivity index (χ0) is 39.9. The average molecular weight is 769 g/mol. The van der Waals surface area contributed by atoms with Crippen LogP contribution in [0.3, 0.4) is 0 Å². The molecule has 2 N–H and O–H groups in total. The summed E-state index contributed by atoms with van der Waals surface area (Å²) in [5, 5.41) is 5.36. The molecule has 2 amide bonds. The summed E-state index contributed by atoms with van der Waals surface area (Å²) in [6, 6.07) is 18.1. The number of nitrogens with one attached hydrogen (secondary N) is 2. The molecule has 6 rings (SSSR count). The van der Waals surface area contributed by atoms with Crippen molar-refractivity contribution in [2.45, 2.75) is 64.8 Å². The number of hydrogen-bond acceptors (Lipinski definition) is 5. The maximum absolute atomic E-state index is 13.0. The van der Waals surface area contributed by atoms with Crippen LogP contribution in [-0.4, -0.2) is 27.5 Å². The minimum atomic E-state index is -4.54. The Labute approximate surface area is 311 Å². The standard InChI is InChI=1S/C21H23F3N2O2.C19H15F3N2O3/c1-14-10-11-18(19(27)25-13-15-6-3-2-4-7-15)20(28)26(14)17-9-5-8-16(12-17)21(22,23)24;1-12-7-8-16(17(25)23-11-15-6-3-9-27-15)18(26)24(12)14-5-2-4-13(10-14)19(20,21)22/h5,8-12,15H,2-4,6-7,13H2,1H3,(H,25,27);2-10H,11H2,1H3,(H,23,25). The summed E-state index contributed by atoms with van der Waals surface area (Å²) in [6.07, 6.45) is -1.97. The molecule has 0 aliphatic heterocycles. The molecule has 9 nitrogen and oxygen atoms in total. The maximum Gasteiger partial charge on any atom is 0.416 e. The van der Waals surface area contributed by atoms with Gasteiger partial charge in [0.1, 0.15) is 16.9 Å². The lowest BCUT2D eigenvalue weighted by atomic mass is 9.89. The van der Waals surface area contributed by atoms with Crippen molar-refractivity contribution in [2.75, 3.05) is 6.54 Å². The second kappa shape index (κ2) is 17.1. The number of aryl methyl sites for hydroxylation is 2. The molecule has 290 valence electrons. The van der Waals surface area contributed by atoms with Gasteiger partial charge in [-0.1, -0.05) is 31.4 Å². The Balaban J connectivity index is 0.000000211. The van der Waals surface area contributed by atoms with Gasteiger partial charge < -0.3 is 15.1 Å². The molecule has 0 unspecified atom stereocenters. The molecule has 15 heteroatoms. The lowest BCUT2D eigenvalue weighted by Gasteiger charge is -2.21. The third-order valence-electron chi connectivity index (χ3n) is 9.19. The Bertz CT molecular complexity index is 2250. The van der Waals surface area contributed by atoms with E-state index in [2.05, 4.69) is 10.6 Å². The Morgan fingerprint density at radius 2 is 1.16 bits per heavy atom. The van der Waals surface area contributed by atoms with E-state index in [0.717, 1.165) is 59.1 Å². The smallest absolute Gasteiger partial charge is 0.416 e. The summed E-state index contributed by atoms with van der Waals surface area (Å²) in [4.78, 5) is 50.5. The molecule has 55 heavy (non-hydrogen) atoms. The van der Waals surface area contributed by atoms with Crippen LogP contribution in [0.25, 0.3) is 11.4 Å². The zero-order valence-corrected chi connectivity index (χ0v) is 29.9. The summed E-state index contributed by atoms with van der Waals surface area (Å²) in [6.45, 7) is 3.79. The van der Waals surface area contributed by atoms with Crippen LogP contribution in [0.1, 0.15) is 81.1 Å². The fourth-order valence-electron chi connectivity index (χ4n) is 6.29. The van der Waals surface area contributed by atoms with Gasteiger partial charge in [0.2, 0.25) is 0 Å². The number of hydrogen-bond donors (Lipinski definition) is 2. The molecule has 3 heterocycles. The minimum absolute atomic E-state index is 0.0352. The van der Waals surface area contributed by atoms with Crippen LogP contribution in [0, 0.1) is 19.8 Å². The molecule has 3 aromatic heterocycles. The minimum Gasteiger partial charge on any atom is -0.467 e. The van der Waals surface area contributed by atoms with Gasteiger partial charge in [-0.2, -0.15) is 26.3 Å². The van der Waals surface area contributed by atoms with Crippen molar-refractivity contribution in [3.05, 3.63) is 151 Å². The van der Waals surface area contributed by atoms with E-state index in [1.165, 1.54) is 55.1 Å². The van der Waals surface area contributed by atoms with Gasteiger partial charge in [-0.05, 0) is 105 Å². The van der Waals surface area contributed by atoms with E-state index in [-0.39, 0.29) is 29.0 Å². The topological polar surface area (TPSA) is 115 Å². The van der Waals surface area contributed by atoms with Crippen LogP contribution < -0.4 is 21.8 Å². The molecule has 1 fully saturated rings. The van der Waals surface area contributed by atoms with Gasteiger partial charge in [0.05, 0.1) is 23.9 Å². The Kier molecular flexibility index (Phi) is 12.5. The van der Waals surface area contributed by atoms with Crippen LogP contribution in [0.5, 0.6) is 0 Å². The van der Waals surface area contributed by atoms with Crippen LogP contribution in [0.15, 0.2) is 105 Å². The predicted octanol–water partition coefficient (Wildman–Crippen LogP) is 8.16. The molecule has 0 saturated heterocycles. The fourth-order valence-corrected chi connectivity index (χ4v) is 6.29. The zero-order valence-electron chi connectivity index (χ0n) is 29.9. The number of alkyl halides is 6. The normalized spacial score (nSPS) is 13.5. The number of pyridine rings is 2. The number of halogens is 6. The van der Waals surface area contributed by atoms with Gasteiger partial charge in [-0.3, -0.25) is 28.3 Å². The Morgan fingerprint density at radius 1 is 0.673 bits per heavy atom. The Hall–Kier alpha value is -5.86. The number of furan rings is 1. The fraction of sp³-hybridized carbons (Fsp3) is 0.300. The first-order chi connectivity index (χ1) is 26.0.